The van der Waals surface area contributed by atoms with Crippen molar-refractivity contribution in [2.45, 2.75) is 0 Å². The number of fused-ring (bicyclic) bond motifs is 1. The second-order valence-corrected chi connectivity index (χ2v) is 2.85. The molecule has 2 rings (SSSR count). The van der Waals surface area contributed by atoms with E-state index in [1.807, 2.05) is 0 Å². The predicted molar refractivity (Wildman–Crippen MR) is 46.5 cm³/mol. The largest absolute Gasteiger partial charge is 0.329 e. The first-order valence-corrected chi connectivity index (χ1v) is 3.73. The molecule has 2 N–H and O–H groups in total. The van der Waals surface area contributed by atoms with Crippen molar-refractivity contribution in [3.63, 3.8) is 0 Å². The number of aromatic amines is 2. The average molecular weight is 182 g/mol. The highest BCUT2D eigenvalue weighted by Crippen LogP contribution is 2.00. The number of nitrogens with zero attached hydrogens (tertiary/aromatic N) is 2. The first-order chi connectivity index (χ1) is 5.68. The van der Waals surface area contributed by atoms with Crippen LogP contribution in [0.4, 0.5) is 0 Å². The molecular weight excluding hydrogens is 176 g/mol. The summed E-state index contributed by atoms with van der Waals surface area (Å²) in [5.74, 6) is 0. The van der Waals surface area contributed by atoms with Crippen molar-refractivity contribution in [1.29, 1.82) is 0 Å². The van der Waals surface area contributed by atoms with Crippen LogP contribution in [0, 0.1) is 4.77 Å². The smallest absolute Gasteiger partial charge is 0.292 e. The molecule has 0 atom stereocenters. The lowest BCUT2D eigenvalue weighted by molar-refractivity contribution is 0.716. The Hall–Kier alpha value is -1.43. The molecule has 0 aromatic carbocycles. The molecule has 0 saturated heterocycles. The van der Waals surface area contributed by atoms with Crippen LogP contribution >= 0.6 is 12.2 Å². The topological polar surface area (TPSA) is 66.5 Å². The molecule has 0 amide bonds. The van der Waals surface area contributed by atoms with E-state index in [0.717, 1.165) is 0 Å². The Balaban J connectivity index is 3.10. The van der Waals surface area contributed by atoms with Crippen molar-refractivity contribution in [3.05, 3.63) is 21.3 Å². The second-order valence-electron chi connectivity index (χ2n) is 2.44. The number of H-pyrrole nitrogens is 2. The van der Waals surface area contributed by atoms with E-state index in [1.54, 1.807) is 13.2 Å². The van der Waals surface area contributed by atoms with E-state index in [9.17, 15) is 4.79 Å². The molecule has 0 saturated carbocycles. The van der Waals surface area contributed by atoms with E-state index in [2.05, 4.69) is 15.1 Å². The molecule has 5 nitrogen and oxygen atoms in total. The Morgan fingerprint density at radius 3 is 3.08 bits per heavy atom. The van der Waals surface area contributed by atoms with Crippen LogP contribution in [0.2, 0.25) is 0 Å². The van der Waals surface area contributed by atoms with Crippen molar-refractivity contribution in [2.75, 3.05) is 0 Å². The molecule has 0 bridgehead atoms. The van der Waals surface area contributed by atoms with Crippen molar-refractivity contribution < 1.29 is 0 Å². The molecule has 2 aromatic heterocycles. The first kappa shape index (κ1) is 7.23. The number of hydrogen-bond donors (Lipinski definition) is 2. The minimum Gasteiger partial charge on any atom is -0.329 e. The van der Waals surface area contributed by atoms with Crippen molar-refractivity contribution in [1.82, 2.24) is 19.7 Å². The number of imidazole rings is 1. The van der Waals surface area contributed by atoms with Gasteiger partial charge in [0.05, 0.1) is 11.7 Å². The molecule has 6 heteroatoms. The molecule has 0 aliphatic heterocycles. The Labute approximate surface area is 72.0 Å². The van der Waals surface area contributed by atoms with E-state index < -0.39 is 0 Å². The van der Waals surface area contributed by atoms with Crippen LogP contribution in [0.25, 0.3) is 11.0 Å². The number of nitrogens with one attached hydrogen (secondary N) is 2. The van der Waals surface area contributed by atoms with Crippen molar-refractivity contribution in [3.8, 4) is 0 Å². The standard InChI is InChI=1S/C6H6N4OS/c1-10-5(11)4-3(2-7-10)8-6(12)9-4/h2H,1H3,(H2,8,9,12). The highest BCUT2D eigenvalue weighted by molar-refractivity contribution is 7.71. The Morgan fingerprint density at radius 2 is 2.33 bits per heavy atom. The fourth-order valence-electron chi connectivity index (χ4n) is 1.02. The van der Waals surface area contributed by atoms with Crippen LogP contribution in [-0.4, -0.2) is 19.7 Å². The molecule has 2 heterocycles. The van der Waals surface area contributed by atoms with Crippen molar-refractivity contribution in [2.24, 2.45) is 7.05 Å². The fraction of sp³-hybridized carbons (Fsp3) is 0.167. The molecule has 2 aromatic rings. The van der Waals surface area contributed by atoms with E-state index in [0.29, 0.717) is 15.8 Å². The van der Waals surface area contributed by atoms with Gasteiger partial charge in [-0.25, -0.2) is 4.68 Å². The number of aryl methyl sites for hydroxylation is 1. The SMILES string of the molecule is Cn1ncc2[nH]c(=S)[nH]c2c1=O. The summed E-state index contributed by atoms with van der Waals surface area (Å²) in [7, 11) is 1.59. The van der Waals surface area contributed by atoms with Crippen LogP contribution in [0.15, 0.2) is 11.0 Å². The minimum atomic E-state index is -0.181. The molecule has 0 aliphatic rings. The van der Waals surface area contributed by atoms with Crippen molar-refractivity contribution >= 4 is 23.3 Å². The second kappa shape index (κ2) is 2.28. The highest BCUT2D eigenvalue weighted by Gasteiger charge is 2.01. The van der Waals surface area contributed by atoms with E-state index in [-0.39, 0.29) is 5.56 Å². The summed E-state index contributed by atoms with van der Waals surface area (Å²) in [5.41, 5.74) is 0.931. The highest BCUT2D eigenvalue weighted by atomic mass is 32.1. The monoisotopic (exact) mass is 182 g/mol. The maximum atomic E-state index is 11.3. The van der Waals surface area contributed by atoms with Gasteiger partial charge in [-0.15, -0.1) is 0 Å². The van der Waals surface area contributed by atoms with Gasteiger partial charge in [-0.05, 0) is 12.2 Å². The maximum absolute atomic E-state index is 11.3. The van der Waals surface area contributed by atoms with Gasteiger partial charge in [0, 0.05) is 7.05 Å². The number of aromatic nitrogens is 4. The van der Waals surface area contributed by atoms with Crippen LogP contribution in [-0.2, 0) is 7.05 Å². The lowest BCUT2D eigenvalue weighted by Gasteiger charge is -1.92. The van der Waals surface area contributed by atoms with Gasteiger partial charge < -0.3 is 9.97 Å². The van der Waals surface area contributed by atoms with Crippen LogP contribution in [0.1, 0.15) is 0 Å². The van der Waals surface area contributed by atoms with E-state index in [4.69, 9.17) is 12.2 Å². The quantitative estimate of drug-likeness (QED) is 0.576. The van der Waals surface area contributed by atoms with Gasteiger partial charge in [0.2, 0.25) is 0 Å². The van der Waals surface area contributed by atoms with Gasteiger partial charge in [0.25, 0.3) is 5.56 Å². The third kappa shape index (κ3) is 0.884. The summed E-state index contributed by atoms with van der Waals surface area (Å²) in [6.45, 7) is 0. The van der Waals surface area contributed by atoms with Gasteiger partial charge >= 0.3 is 0 Å². The van der Waals surface area contributed by atoms with Crippen LogP contribution in [0.3, 0.4) is 0 Å². The van der Waals surface area contributed by atoms with Gasteiger partial charge in [0.1, 0.15) is 5.52 Å². The third-order valence-corrected chi connectivity index (χ3v) is 1.83. The molecule has 0 fully saturated rings. The Morgan fingerprint density at radius 1 is 1.58 bits per heavy atom. The summed E-state index contributed by atoms with van der Waals surface area (Å²) >= 11 is 4.83. The van der Waals surface area contributed by atoms with Gasteiger partial charge in [0.15, 0.2) is 4.77 Å². The predicted octanol–water partition coefficient (Wildman–Crippen LogP) is 0.319. The fourth-order valence-corrected chi connectivity index (χ4v) is 1.23. The zero-order valence-electron chi connectivity index (χ0n) is 6.29. The number of rotatable bonds is 0. The average Bonchev–Trinajstić information content (AvgIpc) is 2.39. The summed E-state index contributed by atoms with van der Waals surface area (Å²) in [6, 6.07) is 0. The Bertz CT molecular complexity index is 534. The van der Waals surface area contributed by atoms with E-state index >= 15 is 0 Å². The normalized spacial score (nSPS) is 10.8. The van der Waals surface area contributed by atoms with Crippen LogP contribution < -0.4 is 5.56 Å². The molecule has 12 heavy (non-hydrogen) atoms. The molecule has 0 aliphatic carbocycles. The molecular formula is C6H6N4OS. The lowest BCUT2D eigenvalue weighted by Crippen LogP contribution is -2.18. The summed E-state index contributed by atoms with van der Waals surface area (Å²) < 4.78 is 1.69. The van der Waals surface area contributed by atoms with Gasteiger partial charge in [-0.1, -0.05) is 0 Å². The van der Waals surface area contributed by atoms with Gasteiger partial charge in [-0.3, -0.25) is 4.79 Å². The van der Waals surface area contributed by atoms with E-state index in [1.165, 1.54) is 4.68 Å². The molecule has 0 spiro atoms. The number of hydrogen-bond acceptors (Lipinski definition) is 3. The minimum absolute atomic E-state index is 0.181. The summed E-state index contributed by atoms with van der Waals surface area (Å²) in [6.07, 6.45) is 1.56. The lowest BCUT2D eigenvalue weighted by atomic mass is 10.5. The third-order valence-electron chi connectivity index (χ3n) is 1.62. The van der Waals surface area contributed by atoms with Crippen LogP contribution in [0.5, 0.6) is 0 Å². The zero-order valence-corrected chi connectivity index (χ0v) is 7.10. The molecule has 62 valence electrons. The summed E-state index contributed by atoms with van der Waals surface area (Å²) in [5, 5.41) is 3.83. The maximum Gasteiger partial charge on any atom is 0.292 e. The molecule has 0 unspecified atom stereocenters. The Kier molecular flexibility index (Phi) is 1.37. The first-order valence-electron chi connectivity index (χ1n) is 3.33. The zero-order chi connectivity index (χ0) is 8.72. The molecule has 0 radical (unpaired) electrons. The summed E-state index contributed by atoms with van der Waals surface area (Å²) in [4.78, 5) is 16.9. The van der Waals surface area contributed by atoms with Gasteiger partial charge in [-0.2, -0.15) is 5.10 Å².